The van der Waals surface area contributed by atoms with E-state index in [0.717, 1.165) is 27.8 Å². The molecule has 0 saturated heterocycles. The smallest absolute Gasteiger partial charge is 0.264 e. The first kappa shape index (κ1) is 14.1. The number of carbonyl (C=O) groups excluding carboxylic acids is 1. The van der Waals surface area contributed by atoms with Crippen molar-refractivity contribution >= 4 is 44.8 Å². The molecule has 0 aliphatic heterocycles. The first-order valence-electron chi connectivity index (χ1n) is 6.44. The van der Waals surface area contributed by atoms with Gasteiger partial charge in [-0.2, -0.15) is 0 Å². The van der Waals surface area contributed by atoms with Crippen molar-refractivity contribution in [2.75, 3.05) is 0 Å². The fourth-order valence-corrected chi connectivity index (χ4v) is 3.60. The third-order valence-electron chi connectivity index (χ3n) is 3.27. The maximum atomic E-state index is 12.6. The lowest BCUT2D eigenvalue weighted by Crippen LogP contribution is -2.32. The number of thiophene rings is 1. The Kier molecular flexibility index (Phi) is 4.15. The molecule has 5 heteroatoms. The molecule has 1 aliphatic carbocycles. The van der Waals surface area contributed by atoms with Gasteiger partial charge in [0.05, 0.1) is 9.21 Å². The van der Waals surface area contributed by atoms with Gasteiger partial charge < -0.3 is 4.90 Å². The van der Waals surface area contributed by atoms with E-state index in [2.05, 4.69) is 28.1 Å². The normalized spacial score (nSPS) is 14.3. The average Bonchev–Trinajstić information content (AvgIpc) is 3.17. The molecule has 1 saturated carbocycles. The molecule has 0 bridgehead atoms. The standard InChI is InChI=1S/C15H13BrClNOS/c16-11-3-1-2-10(8-11)9-18(12-4-5-12)15(19)13-6-7-14(17)20-13/h1-3,6-8,12H,4-5,9H2. The van der Waals surface area contributed by atoms with Crippen LogP contribution in [0.15, 0.2) is 40.9 Å². The van der Waals surface area contributed by atoms with Crippen LogP contribution in [0.1, 0.15) is 28.1 Å². The van der Waals surface area contributed by atoms with Gasteiger partial charge >= 0.3 is 0 Å². The molecule has 2 nitrogen and oxygen atoms in total. The topological polar surface area (TPSA) is 20.3 Å². The highest BCUT2D eigenvalue weighted by atomic mass is 79.9. The van der Waals surface area contributed by atoms with Gasteiger partial charge in [-0.1, -0.05) is 39.7 Å². The van der Waals surface area contributed by atoms with Crippen LogP contribution in [0.5, 0.6) is 0 Å². The molecule has 2 aromatic rings. The lowest BCUT2D eigenvalue weighted by atomic mass is 10.2. The maximum Gasteiger partial charge on any atom is 0.264 e. The second-order valence-corrected chi connectivity index (χ2v) is 7.53. The molecule has 0 spiro atoms. The summed E-state index contributed by atoms with van der Waals surface area (Å²) >= 11 is 10.7. The minimum absolute atomic E-state index is 0.0874. The molecule has 1 fully saturated rings. The molecule has 3 rings (SSSR count). The van der Waals surface area contributed by atoms with Gasteiger partial charge in [0, 0.05) is 17.1 Å². The van der Waals surface area contributed by atoms with Gasteiger partial charge in [0.1, 0.15) is 0 Å². The highest BCUT2D eigenvalue weighted by molar-refractivity contribution is 9.10. The fraction of sp³-hybridized carbons (Fsp3) is 0.267. The number of rotatable bonds is 4. The second kappa shape index (κ2) is 5.88. The van der Waals surface area contributed by atoms with Gasteiger partial charge in [0.2, 0.25) is 0 Å². The van der Waals surface area contributed by atoms with E-state index in [0.29, 0.717) is 16.9 Å². The van der Waals surface area contributed by atoms with E-state index in [9.17, 15) is 4.79 Å². The van der Waals surface area contributed by atoms with Gasteiger partial charge in [0.15, 0.2) is 0 Å². The minimum Gasteiger partial charge on any atom is -0.331 e. The summed E-state index contributed by atoms with van der Waals surface area (Å²) in [6.45, 7) is 0.651. The van der Waals surface area contributed by atoms with Gasteiger partial charge in [-0.05, 0) is 42.7 Å². The van der Waals surface area contributed by atoms with Crippen LogP contribution >= 0.6 is 38.9 Å². The zero-order chi connectivity index (χ0) is 14.1. The summed E-state index contributed by atoms with van der Waals surface area (Å²) in [6.07, 6.45) is 2.19. The first-order chi connectivity index (χ1) is 9.63. The molecule has 0 atom stereocenters. The second-order valence-electron chi connectivity index (χ2n) is 4.90. The van der Waals surface area contributed by atoms with E-state index in [4.69, 9.17) is 11.6 Å². The zero-order valence-electron chi connectivity index (χ0n) is 10.7. The van der Waals surface area contributed by atoms with Crippen molar-refractivity contribution in [3.8, 4) is 0 Å². The van der Waals surface area contributed by atoms with E-state index in [-0.39, 0.29) is 5.91 Å². The molecular formula is C15H13BrClNOS. The predicted molar refractivity (Wildman–Crippen MR) is 86.4 cm³/mol. The van der Waals surface area contributed by atoms with Crippen molar-refractivity contribution in [3.05, 3.63) is 55.6 Å². The van der Waals surface area contributed by atoms with Crippen molar-refractivity contribution < 1.29 is 4.79 Å². The summed E-state index contributed by atoms with van der Waals surface area (Å²) < 4.78 is 1.70. The van der Waals surface area contributed by atoms with E-state index < -0.39 is 0 Å². The van der Waals surface area contributed by atoms with E-state index in [1.165, 1.54) is 11.3 Å². The van der Waals surface area contributed by atoms with Crippen LogP contribution in [0.25, 0.3) is 0 Å². The molecule has 0 radical (unpaired) electrons. The molecule has 1 aromatic carbocycles. The van der Waals surface area contributed by atoms with E-state index >= 15 is 0 Å². The summed E-state index contributed by atoms with van der Waals surface area (Å²) in [5.41, 5.74) is 1.14. The number of amides is 1. The van der Waals surface area contributed by atoms with Crippen LogP contribution in [0.2, 0.25) is 4.34 Å². The SMILES string of the molecule is O=C(c1ccc(Cl)s1)N(Cc1cccc(Br)c1)C1CC1. The van der Waals surface area contributed by atoms with E-state index in [1.54, 1.807) is 6.07 Å². The Morgan fingerprint density at radius 3 is 2.75 bits per heavy atom. The Bertz CT molecular complexity index is 638. The Balaban J connectivity index is 1.81. The van der Waals surface area contributed by atoms with Gasteiger partial charge in [-0.15, -0.1) is 11.3 Å². The number of hydrogen-bond acceptors (Lipinski definition) is 2. The predicted octanol–water partition coefficient (Wildman–Crippen LogP) is 4.97. The third kappa shape index (κ3) is 3.25. The highest BCUT2D eigenvalue weighted by Gasteiger charge is 2.33. The summed E-state index contributed by atoms with van der Waals surface area (Å²) in [4.78, 5) is 15.3. The first-order valence-corrected chi connectivity index (χ1v) is 8.43. The van der Waals surface area contributed by atoms with Crippen LogP contribution in [0, 0.1) is 0 Å². The van der Waals surface area contributed by atoms with Crippen LogP contribution in [0.3, 0.4) is 0 Å². The number of nitrogens with zero attached hydrogens (tertiary/aromatic N) is 1. The number of benzene rings is 1. The highest BCUT2D eigenvalue weighted by Crippen LogP contribution is 2.32. The van der Waals surface area contributed by atoms with Crippen LogP contribution in [0.4, 0.5) is 0 Å². The summed E-state index contributed by atoms with van der Waals surface area (Å²) in [5, 5.41) is 0. The van der Waals surface area contributed by atoms with Crippen LogP contribution < -0.4 is 0 Å². The lowest BCUT2D eigenvalue weighted by molar-refractivity contribution is 0.0735. The molecule has 1 amide bonds. The van der Waals surface area contributed by atoms with Crippen molar-refractivity contribution in [1.29, 1.82) is 0 Å². The Labute approximate surface area is 135 Å². The maximum absolute atomic E-state index is 12.6. The average molecular weight is 371 g/mol. The Hall–Kier alpha value is -0.840. The summed E-state index contributed by atoms with van der Waals surface area (Å²) in [6, 6.07) is 12.1. The third-order valence-corrected chi connectivity index (χ3v) is 4.99. The fourth-order valence-electron chi connectivity index (χ4n) is 2.16. The molecule has 104 valence electrons. The minimum atomic E-state index is 0.0874. The number of hydrogen-bond donors (Lipinski definition) is 0. The molecule has 0 N–H and O–H groups in total. The molecule has 20 heavy (non-hydrogen) atoms. The van der Waals surface area contributed by atoms with Crippen molar-refractivity contribution in [2.45, 2.75) is 25.4 Å². The van der Waals surface area contributed by atoms with Gasteiger partial charge in [-0.25, -0.2) is 0 Å². The Morgan fingerprint density at radius 1 is 1.35 bits per heavy atom. The monoisotopic (exact) mass is 369 g/mol. The Morgan fingerprint density at radius 2 is 2.15 bits per heavy atom. The lowest BCUT2D eigenvalue weighted by Gasteiger charge is -2.22. The molecule has 1 aromatic heterocycles. The van der Waals surface area contributed by atoms with Crippen LogP contribution in [-0.4, -0.2) is 16.8 Å². The zero-order valence-corrected chi connectivity index (χ0v) is 13.8. The molecule has 1 heterocycles. The quantitative estimate of drug-likeness (QED) is 0.744. The van der Waals surface area contributed by atoms with Crippen molar-refractivity contribution in [2.24, 2.45) is 0 Å². The van der Waals surface area contributed by atoms with Gasteiger partial charge in [-0.3, -0.25) is 4.79 Å². The largest absolute Gasteiger partial charge is 0.331 e. The van der Waals surface area contributed by atoms with Crippen molar-refractivity contribution in [3.63, 3.8) is 0 Å². The van der Waals surface area contributed by atoms with Gasteiger partial charge in [0.25, 0.3) is 5.91 Å². The summed E-state index contributed by atoms with van der Waals surface area (Å²) in [7, 11) is 0. The molecule has 0 unspecified atom stereocenters. The number of halogens is 2. The van der Waals surface area contributed by atoms with E-state index in [1.807, 2.05) is 23.1 Å². The molecular weight excluding hydrogens is 358 g/mol. The number of carbonyl (C=O) groups is 1. The van der Waals surface area contributed by atoms with Crippen molar-refractivity contribution in [1.82, 2.24) is 4.90 Å². The summed E-state index contributed by atoms with van der Waals surface area (Å²) in [5.74, 6) is 0.0874. The van der Waals surface area contributed by atoms with Crippen LogP contribution in [-0.2, 0) is 6.54 Å². The molecule has 1 aliphatic rings.